The molecule has 0 spiro atoms. The average molecular weight is 217 g/mol. The van der Waals surface area contributed by atoms with E-state index < -0.39 is 0 Å². The Labute approximate surface area is 99.7 Å². The molecule has 0 atom stereocenters. The molecule has 0 aliphatic heterocycles. The van der Waals surface area contributed by atoms with Gasteiger partial charge in [-0.1, -0.05) is 56.9 Å². The summed E-state index contributed by atoms with van der Waals surface area (Å²) in [6, 6.07) is 0. The number of hydrogen-bond donors (Lipinski definition) is 1. The van der Waals surface area contributed by atoms with Crippen LogP contribution in [-0.2, 0) is 0 Å². The van der Waals surface area contributed by atoms with Crippen LogP contribution in [0.25, 0.3) is 0 Å². The third-order valence-corrected chi connectivity index (χ3v) is 2.36. The average Bonchev–Trinajstić information content (AvgIpc) is 2.31. The zero-order valence-corrected chi connectivity index (χ0v) is 10.5. The summed E-state index contributed by atoms with van der Waals surface area (Å²) >= 11 is 0. The summed E-state index contributed by atoms with van der Waals surface area (Å²) in [4.78, 5) is 0. The fourth-order valence-electron chi connectivity index (χ4n) is 1.50. The molecule has 0 saturated heterocycles. The summed E-state index contributed by atoms with van der Waals surface area (Å²) < 4.78 is 0. The predicted molar refractivity (Wildman–Crippen MR) is 74.3 cm³/mol. The van der Waals surface area contributed by atoms with Gasteiger partial charge >= 0.3 is 0 Å². The van der Waals surface area contributed by atoms with E-state index in [4.69, 9.17) is 5.73 Å². The van der Waals surface area contributed by atoms with Crippen LogP contribution in [0.4, 0.5) is 0 Å². The summed E-state index contributed by atoms with van der Waals surface area (Å²) in [5.41, 5.74) is 9.19. The number of nitrogens with two attached hydrogens (primary N) is 1. The Hall–Kier alpha value is -1.34. The van der Waals surface area contributed by atoms with E-state index in [1.807, 2.05) is 13.0 Å². The van der Waals surface area contributed by atoms with Crippen molar-refractivity contribution in [1.82, 2.24) is 0 Å². The largest absolute Gasteiger partial charge is 0.326 e. The van der Waals surface area contributed by atoms with Gasteiger partial charge in [-0.25, -0.2) is 0 Å². The molecule has 0 fully saturated rings. The number of rotatable bonds is 7. The van der Waals surface area contributed by atoms with Gasteiger partial charge in [-0.05, 0) is 30.1 Å². The lowest BCUT2D eigenvalue weighted by Gasteiger charge is -2.08. The maximum absolute atomic E-state index is 5.63. The molecule has 0 aromatic rings. The summed E-state index contributed by atoms with van der Waals surface area (Å²) in [6.07, 6.45) is 12.1. The first-order valence-electron chi connectivity index (χ1n) is 5.74. The molecule has 0 radical (unpaired) electrons. The van der Waals surface area contributed by atoms with E-state index in [2.05, 4.69) is 38.3 Å². The molecule has 2 N–H and O–H groups in total. The van der Waals surface area contributed by atoms with Crippen molar-refractivity contribution in [3.8, 4) is 0 Å². The molecule has 0 unspecified atom stereocenters. The fourth-order valence-corrected chi connectivity index (χ4v) is 1.50. The van der Waals surface area contributed by atoms with Gasteiger partial charge in [0.2, 0.25) is 0 Å². The first kappa shape index (κ1) is 14.7. The van der Waals surface area contributed by atoms with Crippen LogP contribution in [0.5, 0.6) is 0 Å². The first-order valence-corrected chi connectivity index (χ1v) is 5.74. The summed E-state index contributed by atoms with van der Waals surface area (Å²) in [5.74, 6) is 0. The summed E-state index contributed by atoms with van der Waals surface area (Å²) in [5, 5.41) is 0. The number of allylic oxidation sites excluding steroid dienone is 6. The lowest BCUT2D eigenvalue weighted by molar-refractivity contribution is 0.916. The van der Waals surface area contributed by atoms with Crippen LogP contribution in [-0.4, -0.2) is 6.54 Å². The van der Waals surface area contributed by atoms with Crippen molar-refractivity contribution in [3.63, 3.8) is 0 Å². The Bertz CT molecular complexity index is 316. The van der Waals surface area contributed by atoms with Crippen molar-refractivity contribution in [2.45, 2.75) is 26.7 Å². The van der Waals surface area contributed by atoms with Crippen LogP contribution in [0, 0.1) is 0 Å². The Morgan fingerprint density at radius 1 is 1.31 bits per heavy atom. The minimum Gasteiger partial charge on any atom is -0.326 e. The summed E-state index contributed by atoms with van der Waals surface area (Å²) in [6.45, 7) is 12.2. The normalized spacial score (nSPS) is 13.8. The van der Waals surface area contributed by atoms with Crippen molar-refractivity contribution in [2.75, 3.05) is 6.54 Å². The van der Waals surface area contributed by atoms with Crippen LogP contribution >= 0.6 is 0 Å². The van der Waals surface area contributed by atoms with E-state index in [-0.39, 0.29) is 0 Å². The van der Waals surface area contributed by atoms with Gasteiger partial charge in [-0.3, -0.25) is 0 Å². The van der Waals surface area contributed by atoms with Crippen LogP contribution in [0.2, 0.25) is 0 Å². The molecule has 0 aromatic heterocycles. The highest BCUT2D eigenvalue weighted by Crippen LogP contribution is 2.19. The molecule has 0 aromatic carbocycles. The lowest BCUT2D eigenvalue weighted by Crippen LogP contribution is -2.01. The third-order valence-electron chi connectivity index (χ3n) is 2.36. The van der Waals surface area contributed by atoms with Gasteiger partial charge in [0.1, 0.15) is 0 Å². The van der Waals surface area contributed by atoms with Gasteiger partial charge in [-0.15, -0.1) is 0 Å². The molecule has 0 bridgehead atoms. The van der Waals surface area contributed by atoms with E-state index in [9.17, 15) is 0 Å². The van der Waals surface area contributed by atoms with Crippen molar-refractivity contribution in [1.29, 1.82) is 0 Å². The second kappa shape index (κ2) is 8.93. The maximum atomic E-state index is 5.63. The van der Waals surface area contributed by atoms with Crippen molar-refractivity contribution in [2.24, 2.45) is 5.73 Å². The minimum atomic E-state index is 0.522. The SMILES string of the molecule is C=C/C=C(CCC)/C(/C=C(\C=C)CN)=C/C. The lowest BCUT2D eigenvalue weighted by atomic mass is 9.98. The van der Waals surface area contributed by atoms with Crippen LogP contribution in [0.15, 0.2) is 60.3 Å². The molecule has 0 aliphatic carbocycles. The van der Waals surface area contributed by atoms with Crippen LogP contribution in [0.3, 0.4) is 0 Å². The molecule has 0 rings (SSSR count). The predicted octanol–water partition coefficient (Wildman–Crippen LogP) is 3.92. The molecular weight excluding hydrogens is 194 g/mol. The monoisotopic (exact) mass is 217 g/mol. The fraction of sp³-hybridized carbons (Fsp3) is 0.333. The number of hydrogen-bond acceptors (Lipinski definition) is 1. The summed E-state index contributed by atoms with van der Waals surface area (Å²) in [7, 11) is 0. The molecule has 1 nitrogen and oxygen atoms in total. The van der Waals surface area contributed by atoms with Gasteiger partial charge in [0.25, 0.3) is 0 Å². The van der Waals surface area contributed by atoms with E-state index in [0.29, 0.717) is 6.54 Å². The third kappa shape index (κ3) is 4.94. The molecule has 88 valence electrons. The first-order chi connectivity index (χ1) is 7.73. The Morgan fingerprint density at radius 3 is 2.38 bits per heavy atom. The van der Waals surface area contributed by atoms with Gasteiger partial charge in [0, 0.05) is 6.54 Å². The smallest absolute Gasteiger partial charge is 0.0178 e. The van der Waals surface area contributed by atoms with Crippen molar-refractivity contribution < 1.29 is 0 Å². The highest BCUT2D eigenvalue weighted by Gasteiger charge is 2.00. The maximum Gasteiger partial charge on any atom is 0.0178 e. The second-order valence-corrected chi connectivity index (χ2v) is 3.55. The standard InChI is InChI=1S/C15H23N/c1-5-9-15(10-6-2)14(8-4)11-13(7-3)12-16/h5,7-9,11H,1,3,6,10,12,16H2,2,4H3/b13-11+,14-8+,15-9+. The van der Waals surface area contributed by atoms with E-state index in [1.54, 1.807) is 6.08 Å². The van der Waals surface area contributed by atoms with Gasteiger partial charge < -0.3 is 5.73 Å². The highest BCUT2D eigenvalue weighted by atomic mass is 14.5. The van der Waals surface area contributed by atoms with Crippen LogP contribution < -0.4 is 5.73 Å². The van der Waals surface area contributed by atoms with E-state index in [1.165, 1.54) is 11.1 Å². The highest BCUT2D eigenvalue weighted by molar-refractivity contribution is 5.44. The molecule has 0 saturated carbocycles. The van der Waals surface area contributed by atoms with E-state index in [0.717, 1.165) is 18.4 Å². The van der Waals surface area contributed by atoms with Gasteiger partial charge in [-0.2, -0.15) is 0 Å². The topological polar surface area (TPSA) is 26.0 Å². The molecule has 0 aliphatic rings. The Kier molecular flexibility index (Phi) is 8.18. The van der Waals surface area contributed by atoms with Gasteiger partial charge in [0.15, 0.2) is 0 Å². The van der Waals surface area contributed by atoms with Crippen LogP contribution in [0.1, 0.15) is 26.7 Å². The quantitative estimate of drug-likeness (QED) is 0.643. The Morgan fingerprint density at radius 2 is 2.00 bits per heavy atom. The second-order valence-electron chi connectivity index (χ2n) is 3.55. The zero-order valence-electron chi connectivity index (χ0n) is 10.5. The van der Waals surface area contributed by atoms with Crippen molar-refractivity contribution >= 4 is 0 Å². The molecule has 16 heavy (non-hydrogen) atoms. The minimum absolute atomic E-state index is 0.522. The Balaban J connectivity index is 5.10. The van der Waals surface area contributed by atoms with E-state index >= 15 is 0 Å². The molecule has 0 heterocycles. The molecule has 0 amide bonds. The molecular formula is C15H23N. The van der Waals surface area contributed by atoms with Gasteiger partial charge in [0.05, 0.1) is 0 Å². The van der Waals surface area contributed by atoms with Crippen molar-refractivity contribution in [3.05, 3.63) is 60.3 Å². The zero-order chi connectivity index (χ0) is 12.4. The molecule has 1 heteroatoms.